The molecule has 1 heterocycles. The van der Waals surface area contributed by atoms with Crippen molar-refractivity contribution < 1.29 is 26.3 Å². The zero-order valence-electron chi connectivity index (χ0n) is 7.22. The van der Waals surface area contributed by atoms with Crippen molar-refractivity contribution in [2.24, 2.45) is 0 Å². The van der Waals surface area contributed by atoms with Crippen LogP contribution in [-0.4, -0.2) is 18.6 Å². The summed E-state index contributed by atoms with van der Waals surface area (Å²) >= 11 is 0. The summed E-state index contributed by atoms with van der Waals surface area (Å²) in [6.45, 7) is 0.836. The number of nitrogens with zero attached hydrogens (tertiary/aromatic N) is 1. The molecule has 1 aliphatic heterocycles. The van der Waals surface area contributed by atoms with Crippen LogP contribution in [0, 0.1) is 6.08 Å². The van der Waals surface area contributed by atoms with Gasteiger partial charge in [0, 0.05) is 6.92 Å². The third-order valence-corrected chi connectivity index (χ3v) is 1.58. The van der Waals surface area contributed by atoms with E-state index in [1.807, 2.05) is 0 Å². The SMILES string of the molecule is CC1=C(C(F)(F)F)C(C(F)(F)F)=[C][C]=[N+]1. The van der Waals surface area contributed by atoms with Gasteiger partial charge in [-0.1, -0.05) is 0 Å². The highest BCUT2D eigenvalue weighted by Crippen LogP contribution is 2.41. The normalized spacial score (nSPS) is 18.2. The molecule has 0 aliphatic carbocycles. The lowest BCUT2D eigenvalue weighted by Gasteiger charge is -2.15. The highest BCUT2D eigenvalue weighted by molar-refractivity contribution is 5.72. The third kappa shape index (κ3) is 2.40. The summed E-state index contributed by atoms with van der Waals surface area (Å²) < 4.78 is 73.3. The molecule has 1 aliphatic rings. The van der Waals surface area contributed by atoms with Crippen molar-refractivity contribution in [3.8, 4) is 0 Å². The quantitative estimate of drug-likeness (QED) is 0.564. The number of aliphatic imine (C=N–C) groups is 1. The molecule has 0 aromatic rings. The minimum Gasteiger partial charge on any atom is -0.166 e. The van der Waals surface area contributed by atoms with E-state index in [9.17, 15) is 26.3 Å². The Hall–Kier alpha value is -1.27. The Labute approximate surface area is 80.8 Å². The maximum atomic E-state index is 12.3. The summed E-state index contributed by atoms with van der Waals surface area (Å²) in [4.78, 5) is 3.02. The molecular weight excluding hydrogens is 224 g/mol. The van der Waals surface area contributed by atoms with Gasteiger partial charge in [-0.15, -0.1) is 0 Å². The molecule has 0 atom stereocenters. The first kappa shape index (κ1) is 11.8. The van der Waals surface area contributed by atoms with Gasteiger partial charge in [-0.25, -0.2) is 0 Å². The standard InChI is InChI=1S/C8H3F6N/c1-4-6(8(12,13)14)5(2-3-15-4)7(9,10)11/h1H3/q+1. The van der Waals surface area contributed by atoms with Crippen LogP contribution in [0.15, 0.2) is 16.8 Å². The number of hydrogen-bond donors (Lipinski definition) is 0. The van der Waals surface area contributed by atoms with E-state index in [4.69, 9.17) is 0 Å². The first-order chi connectivity index (χ1) is 6.64. The summed E-state index contributed by atoms with van der Waals surface area (Å²) in [7, 11) is 0. The second kappa shape index (κ2) is 3.39. The van der Waals surface area contributed by atoms with Gasteiger partial charge in [0.05, 0.1) is 16.6 Å². The van der Waals surface area contributed by atoms with E-state index in [2.05, 4.69) is 4.99 Å². The monoisotopic (exact) mass is 227 g/mol. The number of halogens is 6. The first-order valence-electron chi connectivity index (χ1n) is 3.58. The maximum absolute atomic E-state index is 12.3. The lowest BCUT2D eigenvalue weighted by atomic mass is 10.0. The second-order valence-corrected chi connectivity index (χ2v) is 2.68. The molecule has 0 fully saturated rings. The van der Waals surface area contributed by atoms with E-state index in [1.165, 1.54) is 6.08 Å². The molecule has 0 aromatic carbocycles. The highest BCUT2D eigenvalue weighted by atomic mass is 19.4. The Bertz CT molecular complexity index is 354. The predicted octanol–water partition coefficient (Wildman–Crippen LogP) is 2.41. The molecule has 1 rings (SSSR count). The van der Waals surface area contributed by atoms with Crippen molar-refractivity contribution in [1.29, 1.82) is 0 Å². The van der Waals surface area contributed by atoms with Crippen LogP contribution >= 0.6 is 0 Å². The van der Waals surface area contributed by atoms with Crippen LogP contribution in [-0.2, 0) is 0 Å². The van der Waals surface area contributed by atoms with Gasteiger partial charge in [0.25, 0.3) is 5.70 Å². The lowest BCUT2D eigenvalue weighted by molar-refractivity contribution is -0.119. The molecule has 0 saturated heterocycles. The summed E-state index contributed by atoms with van der Waals surface area (Å²) in [5.74, 6) is 0. The number of allylic oxidation sites excluding steroid dienone is 4. The fraction of sp³-hybridized carbons (Fsp3) is 0.375. The van der Waals surface area contributed by atoms with E-state index in [1.54, 1.807) is 6.21 Å². The minimum absolute atomic E-state index is 0.770. The van der Waals surface area contributed by atoms with Gasteiger partial charge < -0.3 is 0 Å². The van der Waals surface area contributed by atoms with Gasteiger partial charge in [0.15, 0.2) is 0 Å². The summed E-state index contributed by atoms with van der Waals surface area (Å²) in [5, 5.41) is 0. The van der Waals surface area contributed by atoms with Crippen molar-refractivity contribution >= 4 is 6.21 Å². The van der Waals surface area contributed by atoms with Crippen molar-refractivity contribution in [2.75, 3.05) is 0 Å². The molecule has 0 aromatic heterocycles. The zero-order chi connectivity index (χ0) is 11.9. The highest BCUT2D eigenvalue weighted by Gasteiger charge is 2.51. The molecule has 0 bridgehead atoms. The van der Waals surface area contributed by atoms with Crippen molar-refractivity contribution in [1.82, 2.24) is 4.99 Å². The topological polar surface area (TPSA) is 14.1 Å². The molecule has 0 saturated carbocycles. The van der Waals surface area contributed by atoms with Crippen molar-refractivity contribution in [2.45, 2.75) is 19.3 Å². The van der Waals surface area contributed by atoms with E-state index in [-0.39, 0.29) is 0 Å². The molecular formula is C8H3F6N+. The fourth-order valence-corrected chi connectivity index (χ4v) is 1.03. The smallest absolute Gasteiger partial charge is 0.166 e. The number of rotatable bonds is 0. The van der Waals surface area contributed by atoms with Gasteiger partial charge >= 0.3 is 18.6 Å². The molecule has 0 spiro atoms. The van der Waals surface area contributed by atoms with Gasteiger partial charge in [-0.2, -0.15) is 26.3 Å². The van der Waals surface area contributed by atoms with E-state index < -0.39 is 29.2 Å². The average molecular weight is 227 g/mol. The second-order valence-electron chi connectivity index (χ2n) is 2.68. The van der Waals surface area contributed by atoms with Crippen molar-refractivity contribution in [3.05, 3.63) is 22.9 Å². The van der Waals surface area contributed by atoms with E-state index in [0.717, 1.165) is 6.92 Å². The summed E-state index contributed by atoms with van der Waals surface area (Å²) in [6.07, 6.45) is -7.22. The Kier molecular flexibility index (Phi) is 2.67. The molecule has 0 unspecified atom stereocenters. The molecule has 3 radical (unpaired) electrons. The van der Waals surface area contributed by atoms with Gasteiger partial charge in [-0.05, 0) is 0 Å². The Balaban J connectivity index is 3.32. The minimum atomic E-state index is -5.12. The van der Waals surface area contributed by atoms with Crippen LogP contribution < -0.4 is 4.99 Å². The molecule has 81 valence electrons. The van der Waals surface area contributed by atoms with Crippen LogP contribution in [0.5, 0.6) is 0 Å². The molecule has 1 nitrogen and oxygen atoms in total. The molecule has 7 heteroatoms. The van der Waals surface area contributed by atoms with Crippen LogP contribution in [0.4, 0.5) is 26.3 Å². The lowest BCUT2D eigenvalue weighted by Crippen LogP contribution is -2.27. The Morgan fingerprint density at radius 3 is 1.87 bits per heavy atom. The number of hydrogen-bond acceptors (Lipinski definition) is 1. The van der Waals surface area contributed by atoms with Gasteiger partial charge in [0.1, 0.15) is 5.57 Å². The largest absolute Gasteiger partial charge is 0.423 e. The summed E-state index contributed by atoms with van der Waals surface area (Å²) in [6, 6.07) is 0. The van der Waals surface area contributed by atoms with E-state index in [0.29, 0.717) is 0 Å². The fourth-order valence-electron chi connectivity index (χ4n) is 1.03. The van der Waals surface area contributed by atoms with Crippen LogP contribution in [0.1, 0.15) is 6.92 Å². The maximum Gasteiger partial charge on any atom is 0.423 e. The van der Waals surface area contributed by atoms with Gasteiger partial charge in [0.2, 0.25) is 0 Å². The molecule has 0 amide bonds. The van der Waals surface area contributed by atoms with Crippen molar-refractivity contribution in [3.63, 3.8) is 0 Å². The Morgan fingerprint density at radius 2 is 1.53 bits per heavy atom. The molecule has 15 heavy (non-hydrogen) atoms. The third-order valence-electron chi connectivity index (χ3n) is 1.58. The van der Waals surface area contributed by atoms with Crippen LogP contribution in [0.25, 0.3) is 0 Å². The Morgan fingerprint density at radius 1 is 1.00 bits per heavy atom. The van der Waals surface area contributed by atoms with Crippen LogP contribution in [0.3, 0.4) is 0 Å². The molecule has 0 N–H and O–H groups in total. The van der Waals surface area contributed by atoms with E-state index >= 15 is 0 Å². The first-order valence-corrected chi connectivity index (χ1v) is 3.58. The zero-order valence-corrected chi connectivity index (χ0v) is 7.22. The number of alkyl halides is 6. The van der Waals surface area contributed by atoms with Gasteiger partial charge in [-0.3, -0.25) is 0 Å². The predicted molar refractivity (Wildman–Crippen MR) is 38.7 cm³/mol. The van der Waals surface area contributed by atoms with Crippen LogP contribution in [0.2, 0.25) is 0 Å². The summed E-state index contributed by atoms with van der Waals surface area (Å²) in [5.41, 5.74) is -4.47. The average Bonchev–Trinajstić information content (AvgIpc) is 1.99.